The van der Waals surface area contributed by atoms with E-state index in [4.69, 9.17) is 20.9 Å². The average molecular weight is 280 g/mol. The molecule has 0 bridgehead atoms. The maximum atomic E-state index is 11.6. The van der Waals surface area contributed by atoms with Gasteiger partial charge in [0.1, 0.15) is 12.1 Å². The molecule has 6 nitrogen and oxygen atoms in total. The van der Waals surface area contributed by atoms with Crippen LogP contribution in [-0.4, -0.2) is 25.2 Å². The molecule has 2 atom stereocenters. The summed E-state index contributed by atoms with van der Waals surface area (Å²) in [5.41, 5.74) is 12.7. The van der Waals surface area contributed by atoms with Gasteiger partial charge in [-0.3, -0.25) is 0 Å². The van der Waals surface area contributed by atoms with Crippen LogP contribution in [0.2, 0.25) is 0 Å². The SMILES string of the molecule is CCOC(=O)C(N)c1cccc(C(N)C(=O)OCC)c1. The monoisotopic (exact) mass is 280 g/mol. The van der Waals surface area contributed by atoms with Crippen molar-refractivity contribution in [2.45, 2.75) is 25.9 Å². The van der Waals surface area contributed by atoms with Crippen LogP contribution in [0.5, 0.6) is 0 Å². The number of hydrogen-bond donors (Lipinski definition) is 2. The van der Waals surface area contributed by atoms with Crippen LogP contribution in [0.1, 0.15) is 37.1 Å². The predicted octanol–water partition coefficient (Wildman–Crippen LogP) is 0.812. The van der Waals surface area contributed by atoms with Crippen LogP contribution in [0.3, 0.4) is 0 Å². The van der Waals surface area contributed by atoms with Gasteiger partial charge >= 0.3 is 11.9 Å². The molecule has 0 aliphatic rings. The van der Waals surface area contributed by atoms with E-state index < -0.39 is 24.0 Å². The molecule has 0 spiro atoms. The van der Waals surface area contributed by atoms with Crippen molar-refractivity contribution in [2.24, 2.45) is 11.5 Å². The molecule has 0 aliphatic heterocycles. The fraction of sp³-hybridized carbons (Fsp3) is 0.429. The highest BCUT2D eigenvalue weighted by Gasteiger charge is 2.21. The first-order chi connectivity index (χ1) is 9.51. The lowest BCUT2D eigenvalue weighted by molar-refractivity contribution is -0.145. The largest absolute Gasteiger partial charge is 0.465 e. The second-order valence-corrected chi connectivity index (χ2v) is 4.13. The number of carbonyl (C=O) groups excluding carboxylic acids is 2. The molecule has 20 heavy (non-hydrogen) atoms. The van der Waals surface area contributed by atoms with E-state index in [1.807, 2.05) is 0 Å². The van der Waals surface area contributed by atoms with E-state index in [9.17, 15) is 9.59 Å². The maximum Gasteiger partial charge on any atom is 0.327 e. The standard InChI is InChI=1S/C14H20N2O4/c1-3-19-13(17)11(15)9-6-5-7-10(8-9)12(16)14(18)20-4-2/h5-8,11-12H,3-4,15-16H2,1-2H3. The molecule has 1 aromatic rings. The van der Waals surface area contributed by atoms with Gasteiger partial charge in [-0.05, 0) is 25.0 Å². The summed E-state index contributed by atoms with van der Waals surface area (Å²) in [7, 11) is 0. The van der Waals surface area contributed by atoms with Gasteiger partial charge in [0.05, 0.1) is 13.2 Å². The zero-order chi connectivity index (χ0) is 15.1. The van der Waals surface area contributed by atoms with E-state index in [-0.39, 0.29) is 13.2 Å². The number of nitrogens with two attached hydrogens (primary N) is 2. The van der Waals surface area contributed by atoms with Gasteiger partial charge in [0, 0.05) is 0 Å². The van der Waals surface area contributed by atoms with Gasteiger partial charge < -0.3 is 20.9 Å². The van der Waals surface area contributed by atoms with Crippen molar-refractivity contribution in [3.05, 3.63) is 35.4 Å². The highest BCUT2D eigenvalue weighted by Crippen LogP contribution is 2.18. The number of ether oxygens (including phenoxy) is 2. The van der Waals surface area contributed by atoms with Crippen molar-refractivity contribution in [1.29, 1.82) is 0 Å². The summed E-state index contributed by atoms with van der Waals surface area (Å²) in [5, 5.41) is 0. The molecule has 0 fully saturated rings. The third kappa shape index (κ3) is 4.04. The molecule has 0 heterocycles. The number of carbonyl (C=O) groups is 2. The van der Waals surface area contributed by atoms with Gasteiger partial charge in [-0.15, -0.1) is 0 Å². The summed E-state index contributed by atoms with van der Waals surface area (Å²) in [5.74, 6) is -1.04. The molecule has 6 heteroatoms. The number of esters is 2. The van der Waals surface area contributed by atoms with Crippen LogP contribution < -0.4 is 11.5 Å². The lowest BCUT2D eigenvalue weighted by Crippen LogP contribution is -2.26. The molecule has 0 saturated heterocycles. The predicted molar refractivity (Wildman–Crippen MR) is 73.6 cm³/mol. The average Bonchev–Trinajstić information content (AvgIpc) is 2.46. The molecular weight excluding hydrogens is 260 g/mol. The second kappa shape index (κ2) is 7.62. The van der Waals surface area contributed by atoms with Gasteiger partial charge in [-0.1, -0.05) is 24.3 Å². The van der Waals surface area contributed by atoms with Crippen molar-refractivity contribution in [3.63, 3.8) is 0 Å². The minimum Gasteiger partial charge on any atom is -0.465 e. The van der Waals surface area contributed by atoms with E-state index in [1.54, 1.807) is 38.1 Å². The lowest BCUT2D eigenvalue weighted by Gasteiger charge is -2.15. The van der Waals surface area contributed by atoms with Crippen LogP contribution in [-0.2, 0) is 19.1 Å². The zero-order valence-electron chi connectivity index (χ0n) is 11.7. The summed E-state index contributed by atoms with van der Waals surface area (Å²) in [4.78, 5) is 23.2. The number of benzene rings is 1. The third-order valence-electron chi connectivity index (χ3n) is 2.71. The van der Waals surface area contributed by atoms with Crippen LogP contribution in [0.4, 0.5) is 0 Å². The van der Waals surface area contributed by atoms with Crippen molar-refractivity contribution in [2.75, 3.05) is 13.2 Å². The Kier molecular flexibility index (Phi) is 6.14. The lowest BCUT2D eigenvalue weighted by atomic mass is 10.0. The first-order valence-electron chi connectivity index (χ1n) is 6.45. The van der Waals surface area contributed by atoms with Gasteiger partial charge in [-0.25, -0.2) is 9.59 Å². The molecule has 0 radical (unpaired) electrons. The Labute approximate surface area is 118 Å². The quantitative estimate of drug-likeness (QED) is 0.747. The molecule has 0 aromatic heterocycles. The topological polar surface area (TPSA) is 105 Å². The van der Waals surface area contributed by atoms with E-state index in [2.05, 4.69) is 0 Å². The Morgan fingerprint density at radius 2 is 1.40 bits per heavy atom. The van der Waals surface area contributed by atoms with Crippen LogP contribution in [0.25, 0.3) is 0 Å². The molecule has 0 aliphatic carbocycles. The Balaban J connectivity index is 2.90. The van der Waals surface area contributed by atoms with Gasteiger partial charge in [0.25, 0.3) is 0 Å². The highest BCUT2D eigenvalue weighted by atomic mass is 16.5. The van der Waals surface area contributed by atoms with E-state index in [0.717, 1.165) is 0 Å². The summed E-state index contributed by atoms with van der Waals surface area (Å²) in [6, 6.07) is 4.87. The summed E-state index contributed by atoms with van der Waals surface area (Å²) in [6.45, 7) is 3.93. The number of rotatable bonds is 6. The Bertz CT molecular complexity index is 437. The van der Waals surface area contributed by atoms with Gasteiger partial charge in [0.15, 0.2) is 0 Å². The molecule has 0 saturated carbocycles. The first kappa shape index (κ1) is 16.1. The maximum absolute atomic E-state index is 11.6. The fourth-order valence-corrected chi connectivity index (χ4v) is 1.68. The molecule has 1 rings (SSSR count). The Hall–Kier alpha value is -1.92. The smallest absolute Gasteiger partial charge is 0.327 e. The fourth-order valence-electron chi connectivity index (χ4n) is 1.68. The Morgan fingerprint density at radius 3 is 1.75 bits per heavy atom. The molecule has 4 N–H and O–H groups in total. The van der Waals surface area contributed by atoms with Gasteiger partial charge in [0.2, 0.25) is 0 Å². The Morgan fingerprint density at radius 1 is 1.00 bits per heavy atom. The molecule has 0 amide bonds. The van der Waals surface area contributed by atoms with E-state index in [1.165, 1.54) is 0 Å². The second-order valence-electron chi connectivity index (χ2n) is 4.13. The summed E-state index contributed by atoms with van der Waals surface area (Å²) in [6.07, 6.45) is 0. The summed E-state index contributed by atoms with van der Waals surface area (Å²) < 4.78 is 9.72. The minimum absolute atomic E-state index is 0.258. The van der Waals surface area contributed by atoms with E-state index in [0.29, 0.717) is 11.1 Å². The highest BCUT2D eigenvalue weighted by molar-refractivity contribution is 5.79. The van der Waals surface area contributed by atoms with Crippen molar-refractivity contribution < 1.29 is 19.1 Å². The first-order valence-corrected chi connectivity index (χ1v) is 6.45. The zero-order valence-corrected chi connectivity index (χ0v) is 11.7. The van der Waals surface area contributed by atoms with Crippen molar-refractivity contribution in [1.82, 2.24) is 0 Å². The van der Waals surface area contributed by atoms with Crippen molar-refractivity contribution >= 4 is 11.9 Å². The van der Waals surface area contributed by atoms with E-state index >= 15 is 0 Å². The van der Waals surface area contributed by atoms with Crippen LogP contribution in [0.15, 0.2) is 24.3 Å². The molecule has 2 unspecified atom stereocenters. The van der Waals surface area contributed by atoms with Crippen LogP contribution >= 0.6 is 0 Å². The van der Waals surface area contributed by atoms with Crippen molar-refractivity contribution in [3.8, 4) is 0 Å². The molecule has 110 valence electrons. The minimum atomic E-state index is -0.899. The van der Waals surface area contributed by atoms with Crippen LogP contribution in [0, 0.1) is 0 Å². The third-order valence-corrected chi connectivity index (χ3v) is 2.71. The normalized spacial score (nSPS) is 13.4. The molecule has 1 aromatic carbocycles. The molecular formula is C14H20N2O4. The number of hydrogen-bond acceptors (Lipinski definition) is 6. The summed E-state index contributed by atoms with van der Waals surface area (Å²) >= 11 is 0. The van der Waals surface area contributed by atoms with Gasteiger partial charge in [-0.2, -0.15) is 0 Å².